The minimum Gasteiger partial charge on any atom is -0.481 e. The SMILES string of the molecule is CC(CNCC1(O)CCC1)C(=O)O. The third kappa shape index (κ3) is 2.97. The van der Waals surface area contributed by atoms with Gasteiger partial charge in [0.15, 0.2) is 0 Å². The van der Waals surface area contributed by atoms with E-state index in [0.29, 0.717) is 13.1 Å². The zero-order chi connectivity index (χ0) is 9.90. The van der Waals surface area contributed by atoms with Crippen LogP contribution in [0.1, 0.15) is 26.2 Å². The second-order valence-corrected chi connectivity index (χ2v) is 3.95. The number of hydrogen-bond donors (Lipinski definition) is 3. The molecule has 1 atom stereocenters. The molecule has 0 aliphatic heterocycles. The maximum atomic E-state index is 10.4. The van der Waals surface area contributed by atoms with Crippen molar-refractivity contribution in [2.75, 3.05) is 13.1 Å². The second-order valence-electron chi connectivity index (χ2n) is 3.95. The van der Waals surface area contributed by atoms with E-state index in [1.54, 1.807) is 6.92 Å². The summed E-state index contributed by atoms with van der Waals surface area (Å²) in [5.74, 6) is -1.18. The number of aliphatic hydroxyl groups is 1. The van der Waals surface area contributed by atoms with Crippen LogP contribution in [0.15, 0.2) is 0 Å². The Bertz CT molecular complexity index is 189. The Morgan fingerprint density at radius 2 is 2.23 bits per heavy atom. The predicted molar refractivity (Wildman–Crippen MR) is 48.5 cm³/mol. The fourth-order valence-corrected chi connectivity index (χ4v) is 1.37. The monoisotopic (exact) mass is 187 g/mol. The number of hydrogen-bond acceptors (Lipinski definition) is 3. The van der Waals surface area contributed by atoms with Crippen LogP contribution in [0.4, 0.5) is 0 Å². The van der Waals surface area contributed by atoms with E-state index in [0.717, 1.165) is 19.3 Å². The van der Waals surface area contributed by atoms with Gasteiger partial charge in [-0.05, 0) is 19.3 Å². The molecule has 0 spiro atoms. The molecule has 3 N–H and O–H groups in total. The van der Waals surface area contributed by atoms with Crippen LogP contribution >= 0.6 is 0 Å². The predicted octanol–water partition coefficient (Wildman–Crippen LogP) is 0.212. The van der Waals surface area contributed by atoms with E-state index < -0.39 is 11.6 Å². The van der Waals surface area contributed by atoms with Gasteiger partial charge in [-0.3, -0.25) is 4.79 Å². The highest BCUT2D eigenvalue weighted by molar-refractivity contribution is 5.69. The van der Waals surface area contributed by atoms with E-state index in [1.807, 2.05) is 0 Å². The first-order valence-corrected chi connectivity index (χ1v) is 4.69. The van der Waals surface area contributed by atoms with Crippen LogP contribution in [0.2, 0.25) is 0 Å². The molecule has 1 aliphatic carbocycles. The van der Waals surface area contributed by atoms with Crippen LogP contribution in [0.25, 0.3) is 0 Å². The van der Waals surface area contributed by atoms with Crippen LogP contribution in [-0.4, -0.2) is 34.9 Å². The van der Waals surface area contributed by atoms with Gasteiger partial charge < -0.3 is 15.5 Å². The Morgan fingerprint density at radius 1 is 1.62 bits per heavy atom. The summed E-state index contributed by atoms with van der Waals surface area (Å²) in [6, 6.07) is 0. The van der Waals surface area contributed by atoms with Gasteiger partial charge in [-0.15, -0.1) is 0 Å². The fourth-order valence-electron chi connectivity index (χ4n) is 1.37. The summed E-state index contributed by atoms with van der Waals surface area (Å²) in [6.45, 7) is 2.60. The highest BCUT2D eigenvalue weighted by Gasteiger charge is 2.33. The van der Waals surface area contributed by atoms with Gasteiger partial charge in [0, 0.05) is 13.1 Å². The summed E-state index contributed by atoms with van der Waals surface area (Å²) in [4.78, 5) is 10.4. The maximum Gasteiger partial charge on any atom is 0.307 e. The highest BCUT2D eigenvalue weighted by atomic mass is 16.4. The van der Waals surface area contributed by atoms with Crippen molar-refractivity contribution >= 4 is 5.97 Å². The third-order valence-corrected chi connectivity index (χ3v) is 2.61. The largest absolute Gasteiger partial charge is 0.481 e. The molecule has 1 rings (SSSR count). The van der Waals surface area contributed by atoms with Gasteiger partial charge in [-0.25, -0.2) is 0 Å². The summed E-state index contributed by atoms with van der Waals surface area (Å²) in [7, 11) is 0. The Labute approximate surface area is 78.0 Å². The lowest BCUT2D eigenvalue weighted by atomic mass is 9.80. The van der Waals surface area contributed by atoms with Gasteiger partial charge in [0.05, 0.1) is 11.5 Å². The molecule has 1 unspecified atom stereocenters. The third-order valence-electron chi connectivity index (χ3n) is 2.61. The number of rotatable bonds is 5. The van der Waals surface area contributed by atoms with Crippen molar-refractivity contribution in [2.45, 2.75) is 31.8 Å². The van der Waals surface area contributed by atoms with Crippen molar-refractivity contribution in [1.82, 2.24) is 5.32 Å². The fraction of sp³-hybridized carbons (Fsp3) is 0.889. The van der Waals surface area contributed by atoms with E-state index in [-0.39, 0.29) is 5.92 Å². The molecule has 0 bridgehead atoms. The molecule has 0 heterocycles. The molecule has 0 aromatic carbocycles. The van der Waals surface area contributed by atoms with Crippen molar-refractivity contribution < 1.29 is 15.0 Å². The maximum absolute atomic E-state index is 10.4. The van der Waals surface area contributed by atoms with Crippen molar-refractivity contribution in [2.24, 2.45) is 5.92 Å². The number of carboxylic acid groups (broad SMARTS) is 1. The second kappa shape index (κ2) is 4.07. The molecule has 0 aromatic heterocycles. The molecule has 0 saturated heterocycles. The van der Waals surface area contributed by atoms with Gasteiger partial charge in [-0.2, -0.15) is 0 Å². The molecule has 1 saturated carbocycles. The number of carboxylic acids is 1. The molecule has 0 amide bonds. The Hall–Kier alpha value is -0.610. The van der Waals surface area contributed by atoms with Crippen LogP contribution in [0.3, 0.4) is 0 Å². The summed E-state index contributed by atoms with van der Waals surface area (Å²) in [6.07, 6.45) is 2.75. The number of carbonyl (C=O) groups is 1. The summed E-state index contributed by atoms with van der Waals surface area (Å²) in [5, 5.41) is 21.2. The average molecular weight is 187 g/mol. The van der Waals surface area contributed by atoms with Crippen LogP contribution in [-0.2, 0) is 4.79 Å². The minimum atomic E-state index is -0.798. The highest BCUT2D eigenvalue weighted by Crippen LogP contribution is 2.30. The molecule has 0 aromatic rings. The van der Waals surface area contributed by atoms with Crippen molar-refractivity contribution in [3.63, 3.8) is 0 Å². The lowest BCUT2D eigenvalue weighted by Gasteiger charge is -2.36. The molecule has 76 valence electrons. The van der Waals surface area contributed by atoms with Crippen LogP contribution in [0.5, 0.6) is 0 Å². The minimum absolute atomic E-state index is 0.385. The summed E-state index contributed by atoms with van der Waals surface area (Å²) in [5.41, 5.74) is -0.557. The summed E-state index contributed by atoms with van der Waals surface area (Å²) < 4.78 is 0. The van der Waals surface area contributed by atoms with Gasteiger partial charge >= 0.3 is 5.97 Å². The molecule has 0 radical (unpaired) electrons. The normalized spacial score (nSPS) is 22.0. The first-order valence-electron chi connectivity index (χ1n) is 4.69. The lowest BCUT2D eigenvalue weighted by molar-refractivity contribution is -0.141. The Morgan fingerprint density at radius 3 is 2.62 bits per heavy atom. The number of nitrogens with one attached hydrogen (secondary N) is 1. The molecule has 4 heteroatoms. The zero-order valence-electron chi connectivity index (χ0n) is 7.92. The van der Waals surface area contributed by atoms with Crippen molar-refractivity contribution in [3.05, 3.63) is 0 Å². The lowest BCUT2D eigenvalue weighted by Crippen LogP contribution is -2.47. The Kier molecular flexibility index (Phi) is 3.27. The summed E-state index contributed by atoms with van der Waals surface area (Å²) >= 11 is 0. The molecular weight excluding hydrogens is 170 g/mol. The van der Waals surface area contributed by atoms with Gasteiger partial charge in [0.1, 0.15) is 0 Å². The Balaban J connectivity index is 2.10. The van der Waals surface area contributed by atoms with E-state index in [4.69, 9.17) is 5.11 Å². The quantitative estimate of drug-likeness (QED) is 0.575. The zero-order valence-corrected chi connectivity index (χ0v) is 7.92. The van der Waals surface area contributed by atoms with Gasteiger partial charge in [0.2, 0.25) is 0 Å². The molecule has 4 nitrogen and oxygen atoms in total. The van der Waals surface area contributed by atoms with Crippen LogP contribution < -0.4 is 5.32 Å². The van der Waals surface area contributed by atoms with E-state index in [1.165, 1.54) is 0 Å². The molecule has 1 fully saturated rings. The van der Waals surface area contributed by atoms with Crippen molar-refractivity contribution in [3.8, 4) is 0 Å². The van der Waals surface area contributed by atoms with Gasteiger partial charge in [0.25, 0.3) is 0 Å². The standard InChI is InChI=1S/C9H17NO3/c1-7(8(11)12)5-10-6-9(13)3-2-4-9/h7,10,13H,2-6H2,1H3,(H,11,12). The molecule has 1 aliphatic rings. The number of aliphatic carboxylic acids is 1. The first kappa shape index (κ1) is 10.5. The molecular formula is C9H17NO3. The molecule has 13 heavy (non-hydrogen) atoms. The van der Waals surface area contributed by atoms with E-state index in [2.05, 4.69) is 5.32 Å². The van der Waals surface area contributed by atoms with E-state index >= 15 is 0 Å². The topological polar surface area (TPSA) is 69.6 Å². The smallest absolute Gasteiger partial charge is 0.307 e. The van der Waals surface area contributed by atoms with Crippen molar-refractivity contribution in [1.29, 1.82) is 0 Å². The average Bonchev–Trinajstić information content (AvgIpc) is 2.01. The van der Waals surface area contributed by atoms with E-state index in [9.17, 15) is 9.90 Å². The van der Waals surface area contributed by atoms with Gasteiger partial charge in [-0.1, -0.05) is 6.92 Å². The van der Waals surface area contributed by atoms with Crippen LogP contribution in [0, 0.1) is 5.92 Å². The first-order chi connectivity index (χ1) is 6.03.